The highest BCUT2D eigenvalue weighted by atomic mass is 79.9. The molecule has 10 heavy (non-hydrogen) atoms. The lowest BCUT2D eigenvalue weighted by Gasteiger charge is -1.87. The summed E-state index contributed by atoms with van der Waals surface area (Å²) in [4.78, 5) is 0. The maximum atomic E-state index is 3.96. The molecule has 0 atom stereocenters. The average Bonchev–Trinajstić information content (AvgIpc) is 2.31. The predicted octanol–water partition coefficient (Wildman–Crippen LogP) is 1.17. The minimum Gasteiger partial charge on any atom is -0.125 e. The summed E-state index contributed by atoms with van der Waals surface area (Å²) in [6.07, 6.45) is 3.21. The molecule has 0 aliphatic heterocycles. The van der Waals surface area contributed by atoms with Crippen molar-refractivity contribution < 1.29 is 0 Å². The summed E-state index contributed by atoms with van der Waals surface area (Å²) >= 11 is 3.06. The van der Waals surface area contributed by atoms with Crippen LogP contribution in [0.1, 0.15) is 25.6 Å². The predicted molar refractivity (Wildman–Crippen MR) is 40.8 cm³/mol. The second-order valence-electron chi connectivity index (χ2n) is 2.05. The quantitative estimate of drug-likeness (QED) is 0.743. The van der Waals surface area contributed by atoms with E-state index in [9.17, 15) is 0 Å². The van der Waals surface area contributed by atoms with Crippen LogP contribution in [0.15, 0.2) is 0 Å². The molecule has 1 rings (SSSR count). The van der Waals surface area contributed by atoms with Crippen molar-refractivity contribution in [2.45, 2.75) is 26.2 Å². The first-order chi connectivity index (χ1) is 4.83. The monoisotopic (exact) mass is 204 g/mol. The van der Waals surface area contributed by atoms with E-state index >= 15 is 0 Å². The SMILES string of the molecule is CCCCc1nnn(Br)n1. The minimum atomic E-state index is 0.804. The number of unbranched alkanes of at least 4 members (excludes halogenated alkanes) is 1. The molecule has 1 heterocycles. The maximum absolute atomic E-state index is 3.96. The van der Waals surface area contributed by atoms with Crippen LogP contribution in [0.2, 0.25) is 0 Å². The Balaban J connectivity index is 2.42. The summed E-state index contributed by atoms with van der Waals surface area (Å²) in [5.74, 6) is 0.804. The first-order valence-corrected chi connectivity index (χ1v) is 3.99. The van der Waals surface area contributed by atoms with Crippen molar-refractivity contribution >= 4 is 16.1 Å². The van der Waals surface area contributed by atoms with Crippen LogP contribution in [-0.4, -0.2) is 19.2 Å². The molecule has 1 aromatic rings. The number of aryl methyl sites for hydroxylation is 1. The number of tetrazole rings is 1. The molecule has 4 nitrogen and oxygen atoms in total. The molecule has 0 radical (unpaired) electrons. The van der Waals surface area contributed by atoms with Gasteiger partial charge in [0.15, 0.2) is 5.82 Å². The standard InChI is InChI=1S/C5H9BrN4/c1-2-3-4-5-7-9-10(6)8-5/h2-4H2,1H3. The van der Waals surface area contributed by atoms with E-state index in [4.69, 9.17) is 0 Å². The Morgan fingerprint density at radius 2 is 2.40 bits per heavy atom. The van der Waals surface area contributed by atoms with Gasteiger partial charge < -0.3 is 0 Å². The van der Waals surface area contributed by atoms with E-state index in [1.165, 1.54) is 3.82 Å². The molecule has 0 saturated heterocycles. The molecule has 0 saturated carbocycles. The Hall–Kier alpha value is -0.450. The van der Waals surface area contributed by atoms with Crippen molar-refractivity contribution in [1.82, 2.24) is 19.2 Å². The second-order valence-corrected chi connectivity index (χ2v) is 2.68. The van der Waals surface area contributed by atoms with E-state index in [0.29, 0.717) is 0 Å². The fourth-order valence-electron chi connectivity index (χ4n) is 0.659. The first kappa shape index (κ1) is 7.65. The molecular formula is C5H9BrN4. The van der Waals surface area contributed by atoms with Gasteiger partial charge in [-0.2, -0.15) is 0 Å². The van der Waals surface area contributed by atoms with Gasteiger partial charge in [0.25, 0.3) is 0 Å². The van der Waals surface area contributed by atoms with Gasteiger partial charge in [-0.05, 0) is 11.6 Å². The van der Waals surface area contributed by atoms with Crippen LogP contribution >= 0.6 is 16.1 Å². The highest BCUT2D eigenvalue weighted by Gasteiger charge is 1.97. The molecule has 0 aliphatic carbocycles. The van der Waals surface area contributed by atoms with Gasteiger partial charge in [0.05, 0.1) is 0 Å². The van der Waals surface area contributed by atoms with E-state index in [2.05, 4.69) is 38.5 Å². The molecule has 0 amide bonds. The zero-order chi connectivity index (χ0) is 7.40. The van der Waals surface area contributed by atoms with Crippen molar-refractivity contribution in [2.75, 3.05) is 0 Å². The molecular weight excluding hydrogens is 196 g/mol. The summed E-state index contributed by atoms with van der Waals surface area (Å²) in [5, 5.41) is 11.4. The van der Waals surface area contributed by atoms with Crippen molar-refractivity contribution in [3.05, 3.63) is 5.82 Å². The van der Waals surface area contributed by atoms with E-state index in [0.717, 1.165) is 25.1 Å². The summed E-state index contributed by atoms with van der Waals surface area (Å²) in [6.45, 7) is 2.14. The van der Waals surface area contributed by atoms with Crippen molar-refractivity contribution in [1.29, 1.82) is 0 Å². The molecule has 0 aliphatic rings. The van der Waals surface area contributed by atoms with Crippen LogP contribution in [0.5, 0.6) is 0 Å². The van der Waals surface area contributed by atoms with Crippen LogP contribution in [-0.2, 0) is 6.42 Å². The number of hydrogen-bond acceptors (Lipinski definition) is 3. The summed E-state index contributed by atoms with van der Waals surface area (Å²) < 4.78 is 1.30. The lowest BCUT2D eigenvalue weighted by molar-refractivity contribution is 0.753. The highest BCUT2D eigenvalue weighted by Crippen LogP contribution is 1.96. The molecule has 0 N–H and O–H groups in total. The van der Waals surface area contributed by atoms with Gasteiger partial charge in [-0.3, -0.25) is 0 Å². The minimum absolute atomic E-state index is 0.804. The number of nitrogens with zero attached hydrogens (tertiary/aromatic N) is 4. The topological polar surface area (TPSA) is 43.6 Å². The molecule has 1 aromatic heterocycles. The fraction of sp³-hybridized carbons (Fsp3) is 0.800. The van der Waals surface area contributed by atoms with Gasteiger partial charge in [0, 0.05) is 6.42 Å². The van der Waals surface area contributed by atoms with Gasteiger partial charge in [0.1, 0.15) is 16.1 Å². The molecule has 0 unspecified atom stereocenters. The third-order valence-electron chi connectivity index (χ3n) is 1.19. The van der Waals surface area contributed by atoms with E-state index < -0.39 is 0 Å². The van der Waals surface area contributed by atoms with Crippen molar-refractivity contribution in [3.8, 4) is 0 Å². The third kappa shape index (κ3) is 2.06. The van der Waals surface area contributed by atoms with Gasteiger partial charge in [-0.15, -0.1) is 10.2 Å². The Morgan fingerprint density at radius 3 is 2.90 bits per heavy atom. The molecule has 0 aromatic carbocycles. The lowest BCUT2D eigenvalue weighted by atomic mass is 10.2. The highest BCUT2D eigenvalue weighted by molar-refractivity contribution is 9.08. The number of halogens is 1. The van der Waals surface area contributed by atoms with Crippen LogP contribution < -0.4 is 0 Å². The average molecular weight is 205 g/mol. The maximum Gasteiger partial charge on any atom is 0.175 e. The summed E-state index contributed by atoms with van der Waals surface area (Å²) in [6, 6.07) is 0. The Morgan fingerprint density at radius 1 is 1.60 bits per heavy atom. The van der Waals surface area contributed by atoms with Gasteiger partial charge >= 0.3 is 0 Å². The normalized spacial score (nSPS) is 10.2. The smallest absolute Gasteiger partial charge is 0.125 e. The zero-order valence-corrected chi connectivity index (χ0v) is 7.37. The molecule has 56 valence electrons. The summed E-state index contributed by atoms with van der Waals surface area (Å²) in [5.41, 5.74) is 0. The van der Waals surface area contributed by atoms with Gasteiger partial charge in [0.2, 0.25) is 0 Å². The molecule has 0 spiro atoms. The van der Waals surface area contributed by atoms with Crippen molar-refractivity contribution in [2.24, 2.45) is 0 Å². The Labute approximate surface area is 68.0 Å². The van der Waals surface area contributed by atoms with Crippen molar-refractivity contribution in [3.63, 3.8) is 0 Å². The van der Waals surface area contributed by atoms with Crippen LogP contribution in [0, 0.1) is 0 Å². The largest absolute Gasteiger partial charge is 0.175 e. The number of hydrogen-bond donors (Lipinski definition) is 0. The van der Waals surface area contributed by atoms with Crippen LogP contribution in [0.3, 0.4) is 0 Å². The fourth-order valence-corrected chi connectivity index (χ4v) is 0.913. The molecule has 5 heteroatoms. The molecule has 0 bridgehead atoms. The van der Waals surface area contributed by atoms with E-state index in [1.54, 1.807) is 0 Å². The number of rotatable bonds is 3. The van der Waals surface area contributed by atoms with E-state index in [1.807, 2.05) is 0 Å². The van der Waals surface area contributed by atoms with E-state index in [-0.39, 0.29) is 0 Å². The Kier molecular flexibility index (Phi) is 2.80. The van der Waals surface area contributed by atoms with Gasteiger partial charge in [-0.25, -0.2) is 0 Å². The van der Waals surface area contributed by atoms with Gasteiger partial charge in [-0.1, -0.05) is 17.2 Å². The second kappa shape index (κ2) is 3.65. The lowest BCUT2D eigenvalue weighted by Crippen LogP contribution is -1.88. The zero-order valence-electron chi connectivity index (χ0n) is 5.79. The summed E-state index contributed by atoms with van der Waals surface area (Å²) in [7, 11) is 0. The third-order valence-corrected chi connectivity index (χ3v) is 1.49. The van der Waals surface area contributed by atoms with Crippen LogP contribution in [0.4, 0.5) is 0 Å². The molecule has 0 fully saturated rings. The Bertz CT molecular complexity index is 197. The van der Waals surface area contributed by atoms with Crippen LogP contribution in [0.25, 0.3) is 0 Å². The first-order valence-electron chi connectivity index (χ1n) is 3.28. The number of aromatic nitrogens is 4.